The van der Waals surface area contributed by atoms with E-state index in [1.165, 1.54) is 0 Å². The number of carbonyl (C=O) groups excluding carboxylic acids is 2. The molecule has 0 aliphatic rings. The van der Waals surface area contributed by atoms with E-state index in [1.807, 2.05) is 38.1 Å². The van der Waals surface area contributed by atoms with Crippen LogP contribution in [0, 0.1) is 5.92 Å². The Morgan fingerprint density at radius 2 is 1.77 bits per heavy atom. The number of fused-ring (bicyclic) bond motifs is 1. The lowest BCUT2D eigenvalue weighted by Crippen LogP contribution is -2.32. The van der Waals surface area contributed by atoms with E-state index < -0.39 is 5.91 Å². The molecule has 0 bridgehead atoms. The highest BCUT2D eigenvalue weighted by Gasteiger charge is 2.20. The fraction of sp³-hybridized carbons (Fsp3) is 0.200. The van der Waals surface area contributed by atoms with Crippen molar-refractivity contribution in [3.05, 3.63) is 70.4 Å². The molecular weight excluding hydrogens is 350 g/mol. The third-order valence-electron chi connectivity index (χ3n) is 4.33. The van der Waals surface area contributed by atoms with Crippen molar-refractivity contribution in [3.8, 4) is 0 Å². The fourth-order valence-corrected chi connectivity index (χ4v) is 3.11. The minimum Gasteiger partial charge on any atom is -0.366 e. The first kappa shape index (κ1) is 18.0. The van der Waals surface area contributed by atoms with Gasteiger partial charge in [0.25, 0.3) is 5.91 Å². The van der Waals surface area contributed by atoms with E-state index in [0.717, 1.165) is 16.5 Å². The van der Waals surface area contributed by atoms with Gasteiger partial charge in [0, 0.05) is 21.5 Å². The molecule has 2 amide bonds. The molecule has 0 aliphatic heterocycles. The lowest BCUT2D eigenvalue weighted by Gasteiger charge is -2.23. The summed E-state index contributed by atoms with van der Waals surface area (Å²) in [6.45, 7) is 4.05. The number of carbonyl (C=O) groups is 2. The highest BCUT2D eigenvalue weighted by atomic mass is 35.5. The molecule has 0 fully saturated rings. The third kappa shape index (κ3) is 3.73. The van der Waals surface area contributed by atoms with Crippen LogP contribution in [0.5, 0.6) is 0 Å². The van der Waals surface area contributed by atoms with Gasteiger partial charge in [-0.3, -0.25) is 9.59 Å². The number of halogens is 1. The first-order valence-electron chi connectivity index (χ1n) is 8.34. The molecule has 1 aromatic heterocycles. The second kappa shape index (κ2) is 7.22. The molecule has 26 heavy (non-hydrogen) atoms. The quantitative estimate of drug-likeness (QED) is 0.633. The number of benzene rings is 2. The van der Waals surface area contributed by atoms with Gasteiger partial charge in [-0.1, -0.05) is 37.6 Å². The molecule has 3 aromatic rings. The summed E-state index contributed by atoms with van der Waals surface area (Å²) in [5.41, 5.74) is 7.96. The predicted molar refractivity (Wildman–Crippen MR) is 103 cm³/mol. The topological polar surface area (TPSA) is 88.0 Å². The Labute approximate surface area is 156 Å². The van der Waals surface area contributed by atoms with E-state index in [4.69, 9.17) is 17.3 Å². The van der Waals surface area contributed by atoms with E-state index in [0.29, 0.717) is 16.3 Å². The van der Waals surface area contributed by atoms with Gasteiger partial charge in [0.15, 0.2) is 0 Å². The highest BCUT2D eigenvalue weighted by Crippen LogP contribution is 2.24. The van der Waals surface area contributed by atoms with Gasteiger partial charge in [-0.2, -0.15) is 0 Å². The number of primary amides is 1. The van der Waals surface area contributed by atoms with Crippen LogP contribution in [-0.2, 0) is 0 Å². The first-order chi connectivity index (χ1) is 12.3. The molecule has 134 valence electrons. The molecule has 1 unspecified atom stereocenters. The Morgan fingerprint density at radius 1 is 1.08 bits per heavy atom. The van der Waals surface area contributed by atoms with E-state index in [1.54, 1.807) is 24.3 Å². The van der Waals surface area contributed by atoms with Crippen LogP contribution < -0.4 is 11.1 Å². The normalized spacial score (nSPS) is 12.3. The van der Waals surface area contributed by atoms with Crippen molar-refractivity contribution in [2.24, 2.45) is 11.7 Å². The predicted octanol–water partition coefficient (Wildman–Crippen LogP) is 4.05. The number of amides is 2. The Hall–Kier alpha value is -2.79. The number of nitrogens with one attached hydrogen (secondary N) is 2. The number of H-pyrrole nitrogens is 1. The van der Waals surface area contributed by atoms with E-state index >= 15 is 0 Å². The van der Waals surface area contributed by atoms with E-state index in [9.17, 15) is 9.59 Å². The van der Waals surface area contributed by atoms with Gasteiger partial charge in [-0.05, 0) is 47.9 Å². The fourth-order valence-electron chi connectivity index (χ4n) is 2.93. The largest absolute Gasteiger partial charge is 0.366 e. The smallest absolute Gasteiger partial charge is 0.268 e. The monoisotopic (exact) mass is 369 g/mol. The molecule has 1 heterocycles. The molecule has 1 atom stereocenters. The molecule has 5 nitrogen and oxygen atoms in total. The average molecular weight is 370 g/mol. The number of hydrogen-bond donors (Lipinski definition) is 3. The van der Waals surface area contributed by atoms with Gasteiger partial charge < -0.3 is 16.0 Å². The lowest BCUT2D eigenvalue weighted by atomic mass is 9.95. The maximum absolute atomic E-state index is 12.7. The lowest BCUT2D eigenvalue weighted by molar-refractivity contribution is 0.0920. The zero-order chi connectivity index (χ0) is 18.8. The molecular formula is C20H20ClN3O2. The Bertz CT molecular complexity index is 961. The maximum Gasteiger partial charge on any atom is 0.268 e. The van der Waals surface area contributed by atoms with Crippen molar-refractivity contribution < 1.29 is 9.59 Å². The molecule has 0 spiro atoms. The molecule has 4 N–H and O–H groups in total. The van der Waals surface area contributed by atoms with Gasteiger partial charge in [0.2, 0.25) is 5.91 Å². The molecule has 2 aromatic carbocycles. The summed E-state index contributed by atoms with van der Waals surface area (Å²) in [7, 11) is 0. The number of aromatic nitrogens is 1. The van der Waals surface area contributed by atoms with Gasteiger partial charge in [0.1, 0.15) is 5.69 Å². The van der Waals surface area contributed by atoms with Gasteiger partial charge >= 0.3 is 0 Å². The molecule has 0 aliphatic carbocycles. The first-order valence-corrected chi connectivity index (χ1v) is 8.72. The van der Waals surface area contributed by atoms with Gasteiger partial charge in [-0.25, -0.2) is 0 Å². The summed E-state index contributed by atoms with van der Waals surface area (Å²) in [5, 5.41) is 4.56. The van der Waals surface area contributed by atoms with Crippen LogP contribution >= 0.6 is 11.6 Å². The minimum atomic E-state index is -0.474. The van der Waals surface area contributed by atoms with Crippen molar-refractivity contribution in [2.75, 3.05) is 0 Å². The number of aromatic amines is 1. The number of nitrogens with two attached hydrogens (primary N) is 1. The molecule has 3 rings (SSSR count). The van der Waals surface area contributed by atoms with Crippen LogP contribution in [0.4, 0.5) is 0 Å². The van der Waals surface area contributed by atoms with Crippen LogP contribution in [0.15, 0.2) is 48.5 Å². The highest BCUT2D eigenvalue weighted by molar-refractivity contribution is 6.31. The Balaban J connectivity index is 1.84. The molecule has 0 radical (unpaired) electrons. The van der Waals surface area contributed by atoms with Crippen molar-refractivity contribution in [1.29, 1.82) is 0 Å². The van der Waals surface area contributed by atoms with Crippen molar-refractivity contribution in [3.63, 3.8) is 0 Å². The number of rotatable bonds is 5. The molecule has 6 heteroatoms. The summed E-state index contributed by atoms with van der Waals surface area (Å²) >= 11 is 6.00. The molecule has 0 saturated carbocycles. The van der Waals surface area contributed by atoms with E-state index in [-0.39, 0.29) is 17.9 Å². The standard InChI is InChI=1S/C20H20ClN3O2/c1-11(2)18(12-3-5-13(6-4-12)19(22)25)24-20(26)17-10-14-9-15(21)7-8-16(14)23-17/h3-11,18,23H,1-2H3,(H2,22,25)(H,24,26). The van der Waals surface area contributed by atoms with Crippen molar-refractivity contribution >= 4 is 34.3 Å². The average Bonchev–Trinajstić information content (AvgIpc) is 3.02. The van der Waals surface area contributed by atoms with Gasteiger partial charge in [-0.15, -0.1) is 0 Å². The Morgan fingerprint density at radius 3 is 2.38 bits per heavy atom. The number of hydrogen-bond acceptors (Lipinski definition) is 2. The molecule has 0 saturated heterocycles. The zero-order valence-electron chi connectivity index (χ0n) is 14.5. The summed E-state index contributed by atoms with van der Waals surface area (Å²) in [5.74, 6) is -0.509. The van der Waals surface area contributed by atoms with Crippen molar-refractivity contribution in [2.45, 2.75) is 19.9 Å². The van der Waals surface area contributed by atoms with Crippen LogP contribution in [0.25, 0.3) is 10.9 Å². The summed E-state index contributed by atoms with van der Waals surface area (Å²) in [6, 6.07) is 14.0. The van der Waals surface area contributed by atoms with Gasteiger partial charge in [0.05, 0.1) is 6.04 Å². The zero-order valence-corrected chi connectivity index (χ0v) is 15.3. The second-order valence-corrected chi connectivity index (χ2v) is 7.03. The van der Waals surface area contributed by atoms with Crippen molar-refractivity contribution in [1.82, 2.24) is 10.3 Å². The Kier molecular flexibility index (Phi) is 5.00. The summed E-state index contributed by atoms with van der Waals surface area (Å²) in [6.07, 6.45) is 0. The van der Waals surface area contributed by atoms with Crippen LogP contribution in [0.1, 0.15) is 46.3 Å². The SMILES string of the molecule is CC(C)C(NC(=O)c1cc2cc(Cl)ccc2[nH]1)c1ccc(C(N)=O)cc1. The second-order valence-electron chi connectivity index (χ2n) is 6.60. The summed E-state index contributed by atoms with van der Waals surface area (Å²) in [4.78, 5) is 27.1. The van der Waals surface area contributed by atoms with Crippen LogP contribution in [0.2, 0.25) is 5.02 Å². The summed E-state index contributed by atoms with van der Waals surface area (Å²) < 4.78 is 0. The van der Waals surface area contributed by atoms with E-state index in [2.05, 4.69) is 10.3 Å². The third-order valence-corrected chi connectivity index (χ3v) is 4.57. The van der Waals surface area contributed by atoms with Crippen LogP contribution in [-0.4, -0.2) is 16.8 Å². The minimum absolute atomic E-state index is 0.164. The maximum atomic E-state index is 12.7. The van der Waals surface area contributed by atoms with Crippen LogP contribution in [0.3, 0.4) is 0 Å².